The van der Waals surface area contributed by atoms with Gasteiger partial charge in [0.15, 0.2) is 0 Å². The molecule has 1 atom stereocenters. The molecular weight excluding hydrogens is 228 g/mol. The molecular formula is C14H30N2O2. The highest BCUT2D eigenvalue weighted by Gasteiger charge is 2.40. The van der Waals surface area contributed by atoms with Crippen LogP contribution < -0.4 is 11.3 Å². The molecule has 0 bridgehead atoms. The van der Waals surface area contributed by atoms with Crippen molar-refractivity contribution in [3.8, 4) is 0 Å². The number of hydrogen-bond donors (Lipinski definition) is 2. The van der Waals surface area contributed by atoms with Gasteiger partial charge in [-0.1, -0.05) is 26.7 Å². The molecule has 0 radical (unpaired) electrons. The minimum absolute atomic E-state index is 0.126. The van der Waals surface area contributed by atoms with Crippen LogP contribution in [0.1, 0.15) is 52.9 Å². The molecule has 0 aromatic rings. The maximum Gasteiger partial charge on any atom is 0.0891 e. The molecule has 108 valence electrons. The monoisotopic (exact) mass is 258 g/mol. The third kappa shape index (κ3) is 4.50. The summed E-state index contributed by atoms with van der Waals surface area (Å²) in [6.07, 6.45) is 5.41. The standard InChI is InChI=1S/C14H30N2O2/c1-4-18-14(8-10-17-11-9-14)13(16-15)7-5-6-12(2)3/h12-13,16H,4-11,15H2,1-3H3. The molecule has 1 fully saturated rings. The first-order valence-corrected chi connectivity index (χ1v) is 7.32. The summed E-state index contributed by atoms with van der Waals surface area (Å²) in [5, 5.41) is 0. The van der Waals surface area contributed by atoms with Crippen molar-refractivity contribution in [3.05, 3.63) is 0 Å². The van der Waals surface area contributed by atoms with E-state index in [1.807, 2.05) is 0 Å². The van der Waals surface area contributed by atoms with Gasteiger partial charge in [0.2, 0.25) is 0 Å². The molecule has 0 aromatic carbocycles. The molecule has 1 saturated heterocycles. The van der Waals surface area contributed by atoms with E-state index in [9.17, 15) is 0 Å². The van der Waals surface area contributed by atoms with Crippen LogP contribution in [0.25, 0.3) is 0 Å². The Balaban J connectivity index is 2.56. The lowest BCUT2D eigenvalue weighted by Crippen LogP contribution is -2.57. The van der Waals surface area contributed by atoms with E-state index in [1.165, 1.54) is 12.8 Å². The second-order valence-electron chi connectivity index (χ2n) is 5.65. The number of hydrogen-bond acceptors (Lipinski definition) is 4. The molecule has 4 nitrogen and oxygen atoms in total. The summed E-state index contributed by atoms with van der Waals surface area (Å²) >= 11 is 0. The molecule has 1 heterocycles. The molecule has 0 aliphatic carbocycles. The zero-order valence-electron chi connectivity index (χ0n) is 12.2. The number of rotatable bonds is 8. The average Bonchev–Trinajstić information content (AvgIpc) is 2.35. The van der Waals surface area contributed by atoms with E-state index in [1.54, 1.807) is 0 Å². The normalized spacial score (nSPS) is 21.2. The molecule has 1 aliphatic heterocycles. The van der Waals surface area contributed by atoms with E-state index in [4.69, 9.17) is 15.3 Å². The van der Waals surface area contributed by atoms with E-state index in [0.29, 0.717) is 0 Å². The van der Waals surface area contributed by atoms with E-state index in [-0.39, 0.29) is 11.6 Å². The van der Waals surface area contributed by atoms with E-state index in [0.717, 1.165) is 45.0 Å². The highest BCUT2D eigenvalue weighted by atomic mass is 16.5. The maximum atomic E-state index is 6.06. The third-order valence-corrected chi connectivity index (χ3v) is 3.88. The number of hydrazine groups is 1. The first kappa shape index (κ1) is 15.9. The molecule has 1 unspecified atom stereocenters. The Morgan fingerprint density at radius 3 is 2.44 bits per heavy atom. The van der Waals surface area contributed by atoms with Gasteiger partial charge in [0.05, 0.1) is 11.6 Å². The summed E-state index contributed by atoms with van der Waals surface area (Å²) in [6.45, 7) is 8.88. The van der Waals surface area contributed by atoms with Gasteiger partial charge in [0.1, 0.15) is 0 Å². The summed E-state index contributed by atoms with van der Waals surface area (Å²) in [5.41, 5.74) is 2.86. The highest BCUT2D eigenvalue weighted by Crippen LogP contribution is 2.31. The van der Waals surface area contributed by atoms with Crippen molar-refractivity contribution < 1.29 is 9.47 Å². The SMILES string of the molecule is CCOC1(C(CCCC(C)C)NN)CCOCC1. The molecule has 0 spiro atoms. The van der Waals surface area contributed by atoms with Crippen LogP contribution in [0.3, 0.4) is 0 Å². The molecule has 3 N–H and O–H groups in total. The fraction of sp³-hybridized carbons (Fsp3) is 1.00. The second-order valence-corrected chi connectivity index (χ2v) is 5.65. The van der Waals surface area contributed by atoms with Crippen molar-refractivity contribution in [1.29, 1.82) is 0 Å². The lowest BCUT2D eigenvalue weighted by atomic mass is 9.83. The van der Waals surface area contributed by atoms with Crippen molar-refractivity contribution in [2.45, 2.75) is 64.5 Å². The van der Waals surface area contributed by atoms with Gasteiger partial charge in [-0.3, -0.25) is 11.3 Å². The predicted molar refractivity (Wildman–Crippen MR) is 74.2 cm³/mol. The fourth-order valence-corrected chi connectivity index (χ4v) is 2.83. The van der Waals surface area contributed by atoms with Crippen molar-refractivity contribution in [1.82, 2.24) is 5.43 Å². The molecule has 18 heavy (non-hydrogen) atoms. The average molecular weight is 258 g/mol. The Kier molecular flexibility index (Phi) is 7.15. The number of ether oxygens (including phenoxy) is 2. The van der Waals surface area contributed by atoms with E-state index >= 15 is 0 Å². The van der Waals surface area contributed by atoms with Crippen LogP contribution in [-0.4, -0.2) is 31.5 Å². The van der Waals surface area contributed by atoms with Crippen LogP contribution in [0.5, 0.6) is 0 Å². The molecule has 0 amide bonds. The van der Waals surface area contributed by atoms with Crippen molar-refractivity contribution in [2.75, 3.05) is 19.8 Å². The predicted octanol–water partition coefficient (Wildman–Crippen LogP) is 2.23. The quantitative estimate of drug-likeness (QED) is 0.518. The summed E-state index contributed by atoms with van der Waals surface area (Å²) in [7, 11) is 0. The summed E-state index contributed by atoms with van der Waals surface area (Å²) in [5.74, 6) is 6.52. The van der Waals surface area contributed by atoms with Crippen LogP contribution in [0, 0.1) is 5.92 Å². The van der Waals surface area contributed by atoms with Crippen LogP contribution in [-0.2, 0) is 9.47 Å². The van der Waals surface area contributed by atoms with Gasteiger partial charge in [0, 0.05) is 32.7 Å². The fourth-order valence-electron chi connectivity index (χ4n) is 2.83. The molecule has 1 aliphatic rings. The van der Waals surface area contributed by atoms with Gasteiger partial charge in [-0.15, -0.1) is 0 Å². The van der Waals surface area contributed by atoms with Crippen molar-refractivity contribution >= 4 is 0 Å². The number of nitrogens with one attached hydrogen (secondary N) is 1. The Morgan fingerprint density at radius 2 is 1.94 bits per heavy atom. The summed E-state index contributed by atoms with van der Waals surface area (Å²) in [4.78, 5) is 0. The Bertz CT molecular complexity index is 210. The Labute approximate surface area is 112 Å². The van der Waals surface area contributed by atoms with Crippen LogP contribution in [0.4, 0.5) is 0 Å². The van der Waals surface area contributed by atoms with Gasteiger partial charge in [-0.25, -0.2) is 0 Å². The summed E-state index contributed by atoms with van der Waals surface area (Å²) in [6, 6.07) is 0.236. The molecule has 0 saturated carbocycles. The van der Waals surface area contributed by atoms with Crippen LogP contribution >= 0.6 is 0 Å². The first-order valence-electron chi connectivity index (χ1n) is 7.32. The van der Waals surface area contributed by atoms with Gasteiger partial charge in [-0.2, -0.15) is 0 Å². The minimum Gasteiger partial charge on any atom is -0.381 e. The zero-order chi connectivity index (χ0) is 13.4. The molecule has 0 aromatic heterocycles. The maximum absolute atomic E-state index is 6.06. The zero-order valence-corrected chi connectivity index (χ0v) is 12.2. The molecule has 4 heteroatoms. The lowest BCUT2D eigenvalue weighted by molar-refractivity contribution is -0.128. The van der Waals surface area contributed by atoms with E-state index in [2.05, 4.69) is 26.2 Å². The van der Waals surface area contributed by atoms with Crippen molar-refractivity contribution in [2.24, 2.45) is 11.8 Å². The number of nitrogens with two attached hydrogens (primary N) is 1. The van der Waals surface area contributed by atoms with Crippen LogP contribution in [0.15, 0.2) is 0 Å². The van der Waals surface area contributed by atoms with Crippen molar-refractivity contribution in [3.63, 3.8) is 0 Å². The highest BCUT2D eigenvalue weighted by molar-refractivity contribution is 4.94. The topological polar surface area (TPSA) is 56.5 Å². The summed E-state index contributed by atoms with van der Waals surface area (Å²) < 4.78 is 11.5. The smallest absolute Gasteiger partial charge is 0.0891 e. The van der Waals surface area contributed by atoms with E-state index < -0.39 is 0 Å². The Morgan fingerprint density at radius 1 is 1.28 bits per heavy atom. The first-order chi connectivity index (χ1) is 8.64. The second kappa shape index (κ2) is 8.10. The largest absolute Gasteiger partial charge is 0.381 e. The minimum atomic E-state index is -0.126. The third-order valence-electron chi connectivity index (χ3n) is 3.88. The van der Waals surface area contributed by atoms with Gasteiger partial charge < -0.3 is 9.47 Å². The Hall–Kier alpha value is -0.160. The lowest BCUT2D eigenvalue weighted by Gasteiger charge is -2.43. The molecule has 1 rings (SSSR count). The van der Waals surface area contributed by atoms with Gasteiger partial charge in [0.25, 0.3) is 0 Å². The van der Waals surface area contributed by atoms with Gasteiger partial charge in [-0.05, 0) is 19.3 Å². The van der Waals surface area contributed by atoms with Gasteiger partial charge >= 0.3 is 0 Å². The van der Waals surface area contributed by atoms with Crippen LogP contribution in [0.2, 0.25) is 0 Å².